The van der Waals surface area contributed by atoms with Gasteiger partial charge in [0.2, 0.25) is 0 Å². The molecule has 4 aliphatic rings. The number of carbonyl (C=O) groups is 2. The van der Waals surface area contributed by atoms with Gasteiger partial charge in [-0.15, -0.1) is 0 Å². The molecule has 0 heterocycles. The van der Waals surface area contributed by atoms with Crippen LogP contribution in [-0.2, 0) is 14.3 Å². The molecule has 0 aliphatic heterocycles. The summed E-state index contributed by atoms with van der Waals surface area (Å²) in [5, 5.41) is 45.4. The van der Waals surface area contributed by atoms with Gasteiger partial charge in [-0.1, -0.05) is 104 Å². The molecule has 0 aromatic carbocycles. The first-order valence-corrected chi connectivity index (χ1v) is 16.2. The predicted octanol–water partition coefficient (Wildman–Crippen LogP) is 5.18. The zero-order valence-corrected chi connectivity index (χ0v) is 26.0. The quantitative estimate of drug-likeness (QED) is 0.128. The van der Waals surface area contributed by atoms with Crippen molar-refractivity contribution >= 4 is 11.8 Å². The number of esters is 1. The maximum absolute atomic E-state index is 13.1. The Balaban J connectivity index is 1.40. The van der Waals surface area contributed by atoms with Crippen LogP contribution in [0.25, 0.3) is 0 Å². The Kier molecular flexibility index (Phi) is 9.65. The first-order valence-electron chi connectivity index (χ1n) is 16.2. The van der Waals surface area contributed by atoms with Crippen LogP contribution in [0.2, 0.25) is 0 Å². The highest BCUT2D eigenvalue weighted by Crippen LogP contribution is 2.76. The van der Waals surface area contributed by atoms with Crippen molar-refractivity contribution in [3.8, 4) is 0 Å². The standard InChI is InChI=1S/C34H54O7/c1-6-7-8-9-10-11-12-13-14-15-16-17-27(36)41-32-20-23(3)33(39)25(28(32)31(32,4)5)19-24(21-35)30(38)34(40)26(33)18-22(2)29(34)37/h18-19,23,25-26,28,30,35,38-40H,6-17,20-21H2,1-5H3. The number of hydrogen-bond donors (Lipinski definition) is 4. The molecule has 0 radical (unpaired) electrons. The molecule has 2 fully saturated rings. The van der Waals surface area contributed by atoms with Crippen LogP contribution in [0.5, 0.6) is 0 Å². The molecule has 4 rings (SSSR count). The van der Waals surface area contributed by atoms with Crippen LogP contribution >= 0.6 is 0 Å². The van der Waals surface area contributed by atoms with Crippen molar-refractivity contribution in [1.29, 1.82) is 0 Å². The zero-order chi connectivity index (χ0) is 30.2. The average molecular weight is 575 g/mol. The number of Topliss-reactive ketones (excluding diaryl/α,β-unsaturated/α-hetero) is 1. The van der Waals surface area contributed by atoms with Gasteiger partial charge in [-0.3, -0.25) is 9.59 Å². The first-order chi connectivity index (χ1) is 19.3. The van der Waals surface area contributed by atoms with Gasteiger partial charge in [-0.05, 0) is 36.8 Å². The number of aliphatic hydroxyl groups excluding tert-OH is 2. The van der Waals surface area contributed by atoms with Crippen LogP contribution in [0, 0.1) is 29.1 Å². The van der Waals surface area contributed by atoms with Crippen molar-refractivity contribution in [1.82, 2.24) is 0 Å². The number of fused-ring (bicyclic) bond motifs is 5. The second-order valence-corrected chi connectivity index (χ2v) is 14.2. The van der Waals surface area contributed by atoms with E-state index in [0.29, 0.717) is 18.4 Å². The molecule has 4 aliphatic carbocycles. The molecule has 0 amide bonds. The van der Waals surface area contributed by atoms with E-state index in [-0.39, 0.29) is 17.5 Å². The predicted molar refractivity (Wildman–Crippen MR) is 158 cm³/mol. The van der Waals surface area contributed by atoms with Gasteiger partial charge in [0.1, 0.15) is 11.7 Å². The highest BCUT2D eigenvalue weighted by Gasteiger charge is 2.83. The first kappa shape index (κ1) is 32.4. The van der Waals surface area contributed by atoms with Gasteiger partial charge < -0.3 is 25.2 Å². The van der Waals surface area contributed by atoms with Gasteiger partial charge in [0.15, 0.2) is 11.4 Å². The molecule has 8 unspecified atom stereocenters. The Labute approximate surface area is 246 Å². The Morgan fingerprint density at radius 1 is 0.976 bits per heavy atom. The van der Waals surface area contributed by atoms with Crippen LogP contribution in [0.1, 0.15) is 118 Å². The number of ketones is 1. The summed E-state index contributed by atoms with van der Waals surface area (Å²) in [6.07, 6.45) is 15.6. The molecule has 4 N–H and O–H groups in total. The van der Waals surface area contributed by atoms with Crippen molar-refractivity contribution in [3.63, 3.8) is 0 Å². The fourth-order valence-corrected chi connectivity index (χ4v) is 8.80. The van der Waals surface area contributed by atoms with Gasteiger partial charge in [0.25, 0.3) is 0 Å². The molecule has 0 saturated heterocycles. The molecule has 0 aromatic heterocycles. The largest absolute Gasteiger partial charge is 0.458 e. The normalized spacial score (nSPS) is 38.8. The SMILES string of the molecule is CCCCCCCCCCCCCC(=O)OC12CC(C)C3(O)C(C=C(CO)C(O)C4(O)C(=O)C(C)=CC43)C1C2(C)C. The van der Waals surface area contributed by atoms with Crippen LogP contribution in [-0.4, -0.2) is 61.7 Å². The molecule has 0 spiro atoms. The molecule has 232 valence electrons. The van der Waals surface area contributed by atoms with E-state index in [1.165, 1.54) is 51.4 Å². The summed E-state index contributed by atoms with van der Waals surface area (Å²) in [6, 6.07) is 0. The van der Waals surface area contributed by atoms with E-state index >= 15 is 0 Å². The molecule has 7 nitrogen and oxygen atoms in total. The lowest BCUT2D eigenvalue weighted by Gasteiger charge is -2.50. The summed E-state index contributed by atoms with van der Waals surface area (Å²) in [4.78, 5) is 26.2. The number of carbonyl (C=O) groups excluding carboxylic acids is 2. The molecule has 2 saturated carbocycles. The van der Waals surface area contributed by atoms with Crippen molar-refractivity contribution in [2.75, 3.05) is 6.61 Å². The lowest BCUT2D eigenvalue weighted by atomic mass is 9.59. The molecular weight excluding hydrogens is 520 g/mol. The van der Waals surface area contributed by atoms with Crippen LogP contribution in [0.4, 0.5) is 0 Å². The maximum atomic E-state index is 13.1. The van der Waals surface area contributed by atoms with E-state index < -0.39 is 58.5 Å². The monoisotopic (exact) mass is 574 g/mol. The summed E-state index contributed by atoms with van der Waals surface area (Å²) >= 11 is 0. The van der Waals surface area contributed by atoms with Gasteiger partial charge in [-0.25, -0.2) is 0 Å². The lowest BCUT2D eigenvalue weighted by Crippen LogP contribution is -2.64. The Hall–Kier alpha value is -1.54. The fraction of sp³-hybridized carbons (Fsp3) is 0.824. The summed E-state index contributed by atoms with van der Waals surface area (Å²) in [6.45, 7) is 9.20. The zero-order valence-electron chi connectivity index (χ0n) is 26.0. The Morgan fingerprint density at radius 3 is 2.10 bits per heavy atom. The third-order valence-corrected chi connectivity index (χ3v) is 11.3. The molecule has 7 heteroatoms. The molecular formula is C34H54O7. The molecule has 0 aromatic rings. The Bertz CT molecular complexity index is 1050. The van der Waals surface area contributed by atoms with Crippen molar-refractivity contribution in [2.45, 2.75) is 141 Å². The number of rotatable bonds is 14. The third kappa shape index (κ3) is 5.27. The number of hydrogen-bond acceptors (Lipinski definition) is 7. The minimum Gasteiger partial charge on any atom is -0.458 e. The number of ether oxygens (including phenoxy) is 1. The van der Waals surface area contributed by atoms with E-state index in [1.54, 1.807) is 19.1 Å². The van der Waals surface area contributed by atoms with E-state index in [2.05, 4.69) is 6.92 Å². The van der Waals surface area contributed by atoms with Crippen LogP contribution < -0.4 is 0 Å². The molecule has 0 bridgehead atoms. The summed E-state index contributed by atoms with van der Waals surface area (Å²) in [7, 11) is 0. The van der Waals surface area contributed by atoms with Crippen molar-refractivity contribution < 1.29 is 34.8 Å². The molecule has 8 atom stereocenters. The topological polar surface area (TPSA) is 124 Å². The van der Waals surface area contributed by atoms with Gasteiger partial charge in [0, 0.05) is 29.6 Å². The second kappa shape index (κ2) is 12.2. The van der Waals surface area contributed by atoms with Gasteiger partial charge in [-0.2, -0.15) is 0 Å². The van der Waals surface area contributed by atoms with Gasteiger partial charge >= 0.3 is 5.97 Å². The van der Waals surface area contributed by atoms with Gasteiger partial charge in [0.05, 0.1) is 12.2 Å². The van der Waals surface area contributed by atoms with E-state index in [1.807, 2.05) is 20.8 Å². The van der Waals surface area contributed by atoms with Crippen molar-refractivity contribution in [3.05, 3.63) is 23.3 Å². The number of unbranched alkanes of at least 4 members (excludes halogenated alkanes) is 10. The third-order valence-electron chi connectivity index (χ3n) is 11.3. The minimum atomic E-state index is -2.25. The summed E-state index contributed by atoms with van der Waals surface area (Å²) in [5.41, 5.74) is -4.65. The van der Waals surface area contributed by atoms with Crippen LogP contribution in [0.15, 0.2) is 23.3 Å². The lowest BCUT2D eigenvalue weighted by molar-refractivity contribution is -0.197. The van der Waals surface area contributed by atoms with E-state index in [9.17, 15) is 30.0 Å². The summed E-state index contributed by atoms with van der Waals surface area (Å²) < 4.78 is 6.29. The minimum absolute atomic E-state index is 0.118. The second-order valence-electron chi connectivity index (χ2n) is 14.2. The van der Waals surface area contributed by atoms with E-state index in [4.69, 9.17) is 4.74 Å². The van der Waals surface area contributed by atoms with Crippen molar-refractivity contribution in [2.24, 2.45) is 29.1 Å². The fourth-order valence-electron chi connectivity index (χ4n) is 8.80. The highest BCUT2D eigenvalue weighted by atomic mass is 16.6. The average Bonchev–Trinajstić information content (AvgIpc) is 3.30. The molecule has 41 heavy (non-hydrogen) atoms. The summed E-state index contributed by atoms with van der Waals surface area (Å²) in [5.74, 6) is -3.24. The Morgan fingerprint density at radius 2 is 1.54 bits per heavy atom. The van der Waals surface area contributed by atoms with E-state index in [0.717, 1.165) is 19.3 Å². The smallest absolute Gasteiger partial charge is 0.306 e. The number of aliphatic hydroxyl groups is 4. The highest BCUT2D eigenvalue weighted by molar-refractivity contribution is 6.05. The van der Waals surface area contributed by atoms with Crippen LogP contribution in [0.3, 0.4) is 0 Å². The maximum Gasteiger partial charge on any atom is 0.306 e.